The summed E-state index contributed by atoms with van der Waals surface area (Å²) in [5, 5.41) is 10.6. The minimum absolute atomic E-state index is 0.0935. The van der Waals surface area contributed by atoms with E-state index < -0.39 is 97.5 Å². The largest absolute Gasteiger partial charge is 0.472 e. The lowest BCUT2D eigenvalue weighted by Crippen LogP contribution is -2.30. The molecule has 0 heterocycles. The van der Waals surface area contributed by atoms with Gasteiger partial charge in [0, 0.05) is 25.7 Å². The molecule has 19 heteroatoms. The van der Waals surface area contributed by atoms with Crippen molar-refractivity contribution < 1.29 is 80.2 Å². The molecule has 0 aliphatic carbocycles. The van der Waals surface area contributed by atoms with Crippen LogP contribution in [0.5, 0.6) is 0 Å². The lowest BCUT2D eigenvalue weighted by Gasteiger charge is -2.21. The summed E-state index contributed by atoms with van der Waals surface area (Å²) >= 11 is 0. The maximum Gasteiger partial charge on any atom is 0.472 e. The summed E-state index contributed by atoms with van der Waals surface area (Å²) < 4.78 is 68.3. The van der Waals surface area contributed by atoms with E-state index in [4.69, 9.17) is 37.0 Å². The molecule has 0 saturated heterocycles. The Kier molecular flexibility index (Phi) is 65.9. The van der Waals surface area contributed by atoms with Gasteiger partial charge in [0.2, 0.25) is 0 Å². The van der Waals surface area contributed by atoms with Gasteiger partial charge in [0.15, 0.2) is 12.2 Å². The van der Waals surface area contributed by atoms with Crippen molar-refractivity contribution in [3.8, 4) is 0 Å². The molecule has 0 rings (SSSR count). The predicted octanol–water partition coefficient (Wildman–Crippen LogP) is 21.1. The molecule has 0 aromatic rings. The molecule has 0 amide bonds. The first kappa shape index (κ1) is 90.8. The summed E-state index contributed by atoms with van der Waals surface area (Å²) in [6, 6.07) is 0. The van der Waals surface area contributed by atoms with Crippen molar-refractivity contribution in [2.45, 2.75) is 354 Å². The number of hydrogen-bond donors (Lipinski definition) is 3. The van der Waals surface area contributed by atoms with Crippen molar-refractivity contribution >= 4 is 39.5 Å². The molecule has 94 heavy (non-hydrogen) atoms. The highest BCUT2D eigenvalue weighted by Crippen LogP contribution is 2.45. The predicted molar refractivity (Wildman–Crippen MR) is 381 cm³/mol. The van der Waals surface area contributed by atoms with E-state index in [2.05, 4.69) is 88.5 Å². The Morgan fingerprint density at radius 2 is 0.553 bits per heavy atom. The number of allylic oxidation sites excluding steroid dienone is 10. The fourth-order valence-electron chi connectivity index (χ4n) is 10.3. The molecule has 3 N–H and O–H groups in total. The Morgan fingerprint density at radius 1 is 0.309 bits per heavy atom. The molecule has 0 saturated carbocycles. The first-order valence-corrected chi connectivity index (χ1v) is 40.5. The number of esters is 4. The van der Waals surface area contributed by atoms with Gasteiger partial charge in [-0.15, -0.1) is 0 Å². The second-order valence-corrected chi connectivity index (χ2v) is 28.1. The Morgan fingerprint density at radius 3 is 0.851 bits per heavy atom. The van der Waals surface area contributed by atoms with Gasteiger partial charge in [-0.1, -0.05) is 300 Å². The fourth-order valence-corrected chi connectivity index (χ4v) is 11.9. The van der Waals surface area contributed by atoms with Crippen molar-refractivity contribution in [3.05, 3.63) is 60.8 Å². The van der Waals surface area contributed by atoms with Crippen molar-refractivity contribution in [2.75, 3.05) is 39.6 Å². The van der Waals surface area contributed by atoms with Crippen molar-refractivity contribution in [1.82, 2.24) is 0 Å². The number of unbranched alkanes of at least 4 members (excludes halogenated alkanes) is 35. The highest BCUT2D eigenvalue weighted by Gasteiger charge is 2.30. The summed E-state index contributed by atoms with van der Waals surface area (Å²) in [6.45, 7) is 4.75. The maximum atomic E-state index is 13.0. The van der Waals surface area contributed by atoms with Crippen LogP contribution in [0, 0.1) is 0 Å². The van der Waals surface area contributed by atoms with Gasteiger partial charge in [-0.2, -0.15) is 0 Å². The molecule has 0 aliphatic heterocycles. The van der Waals surface area contributed by atoms with Crippen molar-refractivity contribution in [2.24, 2.45) is 0 Å². The van der Waals surface area contributed by atoms with Crippen LogP contribution >= 0.6 is 15.6 Å². The second-order valence-electron chi connectivity index (χ2n) is 25.2. The van der Waals surface area contributed by atoms with Gasteiger partial charge in [0.25, 0.3) is 0 Å². The molecule has 0 radical (unpaired) electrons. The number of phosphoric ester groups is 2. The molecule has 0 spiro atoms. The van der Waals surface area contributed by atoms with E-state index >= 15 is 0 Å². The number of aliphatic hydroxyl groups excluding tert-OH is 1. The van der Waals surface area contributed by atoms with E-state index in [1.165, 1.54) is 135 Å². The summed E-state index contributed by atoms with van der Waals surface area (Å²) in [5.74, 6) is -2.18. The summed E-state index contributed by atoms with van der Waals surface area (Å²) in [5.41, 5.74) is 0. The monoisotopic (exact) mass is 1370 g/mol. The van der Waals surface area contributed by atoms with E-state index in [1.54, 1.807) is 0 Å². The average molecular weight is 1370 g/mol. The lowest BCUT2D eigenvalue weighted by atomic mass is 10.0. The number of aliphatic hydroxyl groups is 1. The quantitative estimate of drug-likeness (QED) is 0.0169. The molecule has 0 bridgehead atoms. The van der Waals surface area contributed by atoms with Crippen LogP contribution in [0.4, 0.5) is 0 Å². The zero-order chi connectivity index (χ0) is 69.0. The van der Waals surface area contributed by atoms with Gasteiger partial charge < -0.3 is 33.8 Å². The molecule has 548 valence electrons. The standard InChI is InChI=1S/C75H136O17P2/c1-5-9-13-17-21-25-29-31-32-33-34-35-36-38-41-44-48-52-56-60-73(78)86-66-71(92-75(80)62-58-54-50-46-42-37-30-26-22-18-14-10-6-2)68-90-94(83,84)88-64-69(76)63-87-93(81,82)89-67-70(91-74(79)61-57-53-49-45-40-28-24-20-16-12-8-4)65-85-72(77)59-55-51-47-43-39-27-23-19-15-11-7-3/h9,13,21,25,31-32,34-35,38,41,69-71,76H,5-8,10-12,14-20,22-24,26-30,33,36-37,39-40,42-68H2,1-4H3,(H,81,82)(H,83,84)/b13-9-,25-21-,32-31-,35-34-,41-38-. The second kappa shape index (κ2) is 68.3. The van der Waals surface area contributed by atoms with Gasteiger partial charge in [-0.05, 0) is 70.6 Å². The maximum absolute atomic E-state index is 13.0. The Hall–Kier alpha value is -3.24. The van der Waals surface area contributed by atoms with Crippen molar-refractivity contribution in [3.63, 3.8) is 0 Å². The third-order valence-corrected chi connectivity index (χ3v) is 17.9. The SMILES string of the molecule is CC/C=C\C/C=C\C/C=C\C/C=C\C/C=C\CCCCCC(=O)OCC(COP(=O)(O)OCC(O)COP(=O)(O)OCC(COC(=O)CCCCCCCCCCCCC)OC(=O)CCCCCCCCCCCCC)OC(=O)CCCCCCCCCCCCCCC. The number of hydrogen-bond acceptors (Lipinski definition) is 15. The molecule has 0 aromatic carbocycles. The smallest absolute Gasteiger partial charge is 0.462 e. The van der Waals surface area contributed by atoms with Crippen LogP contribution in [0.1, 0.15) is 336 Å². The van der Waals surface area contributed by atoms with Gasteiger partial charge in [-0.3, -0.25) is 37.3 Å². The molecule has 17 nitrogen and oxygen atoms in total. The van der Waals surface area contributed by atoms with Crippen LogP contribution in [-0.4, -0.2) is 96.7 Å². The van der Waals surface area contributed by atoms with E-state index in [0.29, 0.717) is 25.7 Å². The highest BCUT2D eigenvalue weighted by molar-refractivity contribution is 7.47. The Balaban J connectivity index is 5.30. The highest BCUT2D eigenvalue weighted by atomic mass is 31.2. The molecule has 0 fully saturated rings. The van der Waals surface area contributed by atoms with Crippen LogP contribution in [0.2, 0.25) is 0 Å². The lowest BCUT2D eigenvalue weighted by molar-refractivity contribution is -0.161. The first-order valence-electron chi connectivity index (χ1n) is 37.5. The minimum Gasteiger partial charge on any atom is -0.462 e. The van der Waals surface area contributed by atoms with Crippen LogP contribution in [0.15, 0.2) is 60.8 Å². The van der Waals surface area contributed by atoms with Gasteiger partial charge in [-0.25, -0.2) is 9.13 Å². The normalized spacial score (nSPS) is 14.3. The van der Waals surface area contributed by atoms with Gasteiger partial charge >= 0.3 is 39.5 Å². The molecule has 5 atom stereocenters. The molecule has 5 unspecified atom stereocenters. The van der Waals surface area contributed by atoms with Gasteiger partial charge in [0.1, 0.15) is 19.3 Å². The van der Waals surface area contributed by atoms with E-state index in [0.717, 1.165) is 122 Å². The molecule has 0 aliphatic rings. The minimum atomic E-state index is -4.97. The molecular formula is C75H136O17P2. The van der Waals surface area contributed by atoms with Crippen LogP contribution < -0.4 is 0 Å². The number of ether oxygens (including phenoxy) is 4. The molecule has 0 aromatic heterocycles. The van der Waals surface area contributed by atoms with Crippen molar-refractivity contribution in [1.29, 1.82) is 0 Å². The topological polar surface area (TPSA) is 237 Å². The number of rotatable bonds is 71. The van der Waals surface area contributed by atoms with Crippen LogP contribution in [0.25, 0.3) is 0 Å². The number of phosphoric acid groups is 2. The number of carbonyl (C=O) groups is 4. The third kappa shape index (κ3) is 67.3. The first-order chi connectivity index (χ1) is 45.7. The third-order valence-electron chi connectivity index (χ3n) is 16.0. The van der Waals surface area contributed by atoms with E-state index in [9.17, 15) is 43.2 Å². The van der Waals surface area contributed by atoms with E-state index in [1.807, 2.05) is 0 Å². The Labute approximate surface area is 571 Å². The fraction of sp³-hybridized carbons (Fsp3) is 0.813. The summed E-state index contributed by atoms with van der Waals surface area (Å²) in [7, 11) is -9.93. The van der Waals surface area contributed by atoms with E-state index in [-0.39, 0.29) is 25.7 Å². The van der Waals surface area contributed by atoms with Gasteiger partial charge in [0.05, 0.1) is 26.4 Å². The number of carbonyl (C=O) groups excluding carboxylic acids is 4. The van der Waals surface area contributed by atoms with Crippen LogP contribution in [0.3, 0.4) is 0 Å². The Bertz CT molecular complexity index is 2030. The summed E-state index contributed by atoms with van der Waals surface area (Å²) in [6.07, 6.45) is 65.1. The average Bonchev–Trinajstić information content (AvgIpc) is 1.73. The molecular weight excluding hydrogens is 1230 g/mol. The zero-order valence-electron chi connectivity index (χ0n) is 59.6. The zero-order valence-corrected chi connectivity index (χ0v) is 61.4. The summed E-state index contributed by atoms with van der Waals surface area (Å²) in [4.78, 5) is 72.6. The van der Waals surface area contributed by atoms with Crippen LogP contribution in [-0.2, 0) is 65.4 Å².